The molecule has 2 unspecified atom stereocenters. The average Bonchev–Trinajstić information content (AvgIpc) is 2.39. The van der Waals surface area contributed by atoms with Gasteiger partial charge < -0.3 is 4.74 Å². The lowest BCUT2D eigenvalue weighted by Crippen LogP contribution is -2.52. The Labute approximate surface area is 110 Å². The number of morpholine rings is 1. The van der Waals surface area contributed by atoms with Crippen molar-refractivity contribution < 1.29 is 9.53 Å². The van der Waals surface area contributed by atoms with E-state index in [0.29, 0.717) is 5.78 Å². The topological polar surface area (TPSA) is 32.8 Å². The molecule has 2 fully saturated rings. The van der Waals surface area contributed by atoms with Gasteiger partial charge in [0, 0.05) is 19.6 Å². The van der Waals surface area contributed by atoms with Crippen molar-refractivity contribution in [3.8, 4) is 0 Å². The molecule has 2 rings (SSSR count). The molecule has 0 saturated carbocycles. The molecule has 0 bridgehead atoms. The Bertz CT molecular complexity index is 283. The molecule has 2 aliphatic rings. The number of nitrogens with zero attached hydrogens (tertiary/aromatic N) is 2. The summed E-state index contributed by atoms with van der Waals surface area (Å²) in [5.41, 5.74) is 0. The molecule has 0 aliphatic carbocycles. The lowest BCUT2D eigenvalue weighted by molar-refractivity contribution is -0.125. The zero-order valence-corrected chi connectivity index (χ0v) is 11.7. The number of ether oxygens (including phenoxy) is 1. The molecule has 0 N–H and O–H groups in total. The van der Waals surface area contributed by atoms with Crippen LogP contribution in [0.3, 0.4) is 0 Å². The number of likely N-dealkylation sites (tertiary alicyclic amines) is 1. The van der Waals surface area contributed by atoms with Crippen LogP contribution >= 0.6 is 0 Å². The molecular formula is C14H26N2O2. The molecule has 0 amide bonds. The zero-order chi connectivity index (χ0) is 13.0. The third-order valence-corrected chi connectivity index (χ3v) is 4.19. The Morgan fingerprint density at radius 3 is 2.89 bits per heavy atom. The van der Waals surface area contributed by atoms with Crippen molar-refractivity contribution in [2.24, 2.45) is 0 Å². The number of carbonyl (C=O) groups excluding carboxylic acids is 1. The first kappa shape index (κ1) is 14.0. The second kappa shape index (κ2) is 6.64. The summed E-state index contributed by atoms with van der Waals surface area (Å²) in [5, 5.41) is 0. The zero-order valence-electron chi connectivity index (χ0n) is 11.7. The molecule has 4 nitrogen and oxygen atoms in total. The molecule has 2 atom stereocenters. The van der Waals surface area contributed by atoms with Crippen molar-refractivity contribution in [1.82, 2.24) is 9.80 Å². The van der Waals surface area contributed by atoms with E-state index in [1.54, 1.807) is 6.92 Å². The number of hydrogen-bond donors (Lipinski definition) is 0. The maximum Gasteiger partial charge on any atom is 0.146 e. The van der Waals surface area contributed by atoms with Crippen LogP contribution in [0.25, 0.3) is 0 Å². The van der Waals surface area contributed by atoms with Gasteiger partial charge in [-0.05, 0) is 32.9 Å². The molecule has 104 valence electrons. The maximum absolute atomic E-state index is 11.7. The van der Waals surface area contributed by atoms with Crippen molar-refractivity contribution in [2.45, 2.75) is 45.3 Å². The van der Waals surface area contributed by atoms with E-state index in [0.717, 1.165) is 45.8 Å². The van der Waals surface area contributed by atoms with Crippen molar-refractivity contribution in [2.75, 3.05) is 39.3 Å². The quantitative estimate of drug-likeness (QED) is 0.753. The van der Waals surface area contributed by atoms with Gasteiger partial charge >= 0.3 is 0 Å². The van der Waals surface area contributed by atoms with Gasteiger partial charge in [0.25, 0.3) is 0 Å². The minimum Gasteiger partial charge on any atom is -0.374 e. The Morgan fingerprint density at radius 1 is 1.33 bits per heavy atom. The number of likely N-dealkylation sites (N-methyl/N-ethyl adjacent to an activating group) is 1. The summed E-state index contributed by atoms with van der Waals surface area (Å²) in [6, 6.07) is 0.138. The highest BCUT2D eigenvalue weighted by molar-refractivity contribution is 5.81. The summed E-state index contributed by atoms with van der Waals surface area (Å²) in [6.07, 6.45) is 3.71. The lowest BCUT2D eigenvalue weighted by atomic mass is 9.98. The smallest absolute Gasteiger partial charge is 0.146 e. The molecule has 2 aliphatic heterocycles. The summed E-state index contributed by atoms with van der Waals surface area (Å²) in [6.45, 7) is 9.87. The van der Waals surface area contributed by atoms with Crippen molar-refractivity contribution >= 4 is 5.78 Å². The fraction of sp³-hybridized carbons (Fsp3) is 0.929. The van der Waals surface area contributed by atoms with Crippen LogP contribution < -0.4 is 0 Å². The second-order valence-corrected chi connectivity index (χ2v) is 5.50. The molecule has 0 aromatic heterocycles. The number of Topliss-reactive ketones (excluding diaryl/α,β-unsaturated/α-hetero) is 1. The first-order valence-corrected chi connectivity index (χ1v) is 7.29. The van der Waals surface area contributed by atoms with Gasteiger partial charge in [0.1, 0.15) is 5.78 Å². The van der Waals surface area contributed by atoms with E-state index in [1.165, 1.54) is 12.8 Å². The summed E-state index contributed by atoms with van der Waals surface area (Å²) < 4.78 is 5.85. The van der Waals surface area contributed by atoms with E-state index in [1.807, 2.05) is 0 Å². The maximum atomic E-state index is 11.7. The molecule has 0 aromatic rings. The van der Waals surface area contributed by atoms with Crippen LogP contribution in [0, 0.1) is 0 Å². The summed E-state index contributed by atoms with van der Waals surface area (Å²) >= 11 is 0. The van der Waals surface area contributed by atoms with Crippen LogP contribution in [-0.4, -0.2) is 67.1 Å². The van der Waals surface area contributed by atoms with E-state index < -0.39 is 0 Å². The van der Waals surface area contributed by atoms with Gasteiger partial charge in [0.2, 0.25) is 0 Å². The largest absolute Gasteiger partial charge is 0.374 e. The standard InChI is InChI=1S/C14H26N2O2/c1-3-15-8-9-18-13(10-15)11-16-7-5-4-6-14(16)12(2)17/h13-14H,3-11H2,1-2H3. The summed E-state index contributed by atoms with van der Waals surface area (Å²) in [4.78, 5) is 16.5. The fourth-order valence-corrected chi connectivity index (χ4v) is 3.11. The molecule has 2 heterocycles. The minimum absolute atomic E-state index is 0.138. The molecular weight excluding hydrogens is 228 g/mol. The molecule has 0 radical (unpaired) electrons. The Kier molecular flexibility index (Phi) is 5.15. The predicted molar refractivity (Wildman–Crippen MR) is 71.7 cm³/mol. The SMILES string of the molecule is CCN1CCOC(CN2CCCCC2C(C)=O)C1. The van der Waals surface area contributed by atoms with Crippen molar-refractivity contribution in [1.29, 1.82) is 0 Å². The van der Waals surface area contributed by atoms with E-state index in [9.17, 15) is 4.79 Å². The van der Waals surface area contributed by atoms with E-state index in [2.05, 4.69) is 16.7 Å². The van der Waals surface area contributed by atoms with Gasteiger partial charge in [0.15, 0.2) is 0 Å². The highest BCUT2D eigenvalue weighted by Crippen LogP contribution is 2.19. The van der Waals surface area contributed by atoms with Crippen molar-refractivity contribution in [3.05, 3.63) is 0 Å². The number of hydrogen-bond acceptors (Lipinski definition) is 4. The molecule has 18 heavy (non-hydrogen) atoms. The second-order valence-electron chi connectivity index (χ2n) is 5.50. The van der Waals surface area contributed by atoms with E-state index >= 15 is 0 Å². The monoisotopic (exact) mass is 254 g/mol. The van der Waals surface area contributed by atoms with Crippen LogP contribution in [0.15, 0.2) is 0 Å². The van der Waals surface area contributed by atoms with Gasteiger partial charge in [0.05, 0.1) is 18.8 Å². The Hall–Kier alpha value is -0.450. The first-order chi connectivity index (χ1) is 8.70. The molecule has 4 heteroatoms. The highest BCUT2D eigenvalue weighted by Gasteiger charge is 2.29. The molecule has 0 spiro atoms. The van der Waals surface area contributed by atoms with Gasteiger partial charge in [-0.1, -0.05) is 13.3 Å². The van der Waals surface area contributed by atoms with Gasteiger partial charge in [-0.15, -0.1) is 0 Å². The third kappa shape index (κ3) is 3.53. The van der Waals surface area contributed by atoms with E-state index in [-0.39, 0.29) is 12.1 Å². The van der Waals surface area contributed by atoms with Crippen LogP contribution in [0.2, 0.25) is 0 Å². The van der Waals surface area contributed by atoms with E-state index in [4.69, 9.17) is 4.74 Å². The lowest BCUT2D eigenvalue weighted by Gasteiger charge is -2.39. The normalized spacial score (nSPS) is 31.4. The summed E-state index contributed by atoms with van der Waals surface area (Å²) in [7, 11) is 0. The van der Waals surface area contributed by atoms with Gasteiger partial charge in [-0.3, -0.25) is 14.6 Å². The molecule has 2 saturated heterocycles. The van der Waals surface area contributed by atoms with Crippen LogP contribution in [0.1, 0.15) is 33.1 Å². The van der Waals surface area contributed by atoms with Crippen molar-refractivity contribution in [3.63, 3.8) is 0 Å². The molecule has 0 aromatic carbocycles. The Morgan fingerprint density at radius 2 is 2.17 bits per heavy atom. The predicted octanol–water partition coefficient (Wildman–Crippen LogP) is 1.15. The number of piperidine rings is 1. The minimum atomic E-state index is 0.138. The summed E-state index contributed by atoms with van der Waals surface area (Å²) in [5.74, 6) is 0.317. The Balaban J connectivity index is 1.88. The van der Waals surface area contributed by atoms with Gasteiger partial charge in [-0.2, -0.15) is 0 Å². The fourth-order valence-electron chi connectivity index (χ4n) is 3.11. The van der Waals surface area contributed by atoms with Crippen LogP contribution in [-0.2, 0) is 9.53 Å². The number of rotatable bonds is 4. The van der Waals surface area contributed by atoms with Gasteiger partial charge in [-0.25, -0.2) is 0 Å². The van der Waals surface area contributed by atoms with Crippen LogP contribution in [0.5, 0.6) is 0 Å². The first-order valence-electron chi connectivity index (χ1n) is 7.29. The average molecular weight is 254 g/mol. The highest BCUT2D eigenvalue weighted by atomic mass is 16.5. The number of ketones is 1. The third-order valence-electron chi connectivity index (χ3n) is 4.19. The van der Waals surface area contributed by atoms with Crippen LogP contribution in [0.4, 0.5) is 0 Å². The number of carbonyl (C=O) groups is 1.